The Morgan fingerprint density at radius 2 is 1.53 bits per heavy atom. The van der Waals surface area contributed by atoms with Crippen LogP contribution in [0.25, 0.3) is 44.4 Å². The molecule has 272 valence electrons. The zero-order chi connectivity index (χ0) is 37.4. The van der Waals surface area contributed by atoms with E-state index >= 15 is 0 Å². The molecule has 0 spiro atoms. The van der Waals surface area contributed by atoms with Gasteiger partial charge >= 0.3 is 0 Å². The van der Waals surface area contributed by atoms with E-state index in [9.17, 15) is 0 Å². The van der Waals surface area contributed by atoms with Crippen molar-refractivity contribution in [3.8, 4) is 34.1 Å². The van der Waals surface area contributed by atoms with Crippen LogP contribution in [0.3, 0.4) is 0 Å². The molecule has 7 aromatic rings. The Balaban J connectivity index is 1.34. The van der Waals surface area contributed by atoms with Gasteiger partial charge in [-0.25, -0.2) is 9.67 Å². The third-order valence-corrected chi connectivity index (χ3v) is 10.3. The molecule has 0 saturated heterocycles. The maximum atomic E-state index is 6.78. The Morgan fingerprint density at radius 3 is 2.25 bits per heavy atom. The zero-order valence-electron chi connectivity index (χ0n) is 33.0. The first kappa shape index (κ1) is 36.2. The first-order chi connectivity index (χ1) is 25.4. The fraction of sp³-hybridized carbons (Fsp3) is 0.333. The number of fused-ring (bicyclic) bond motifs is 3. The minimum atomic E-state index is 0.00183. The van der Waals surface area contributed by atoms with E-state index in [0.717, 1.165) is 51.7 Å². The van der Waals surface area contributed by atoms with E-state index in [1.807, 2.05) is 6.20 Å². The normalized spacial score (nSPS) is 12.1. The molecule has 5 nitrogen and oxygen atoms in total. The molecule has 7 rings (SSSR count). The molecule has 0 atom stereocenters. The number of unbranched alkanes of at least 4 members (excludes halogenated alkanes) is 2. The first-order valence-electron chi connectivity index (χ1n) is 19.4. The lowest BCUT2D eigenvalue weighted by atomic mass is 9.88. The highest BCUT2D eigenvalue weighted by atomic mass is 16.5. The molecular formula is C48H54N4O. The summed E-state index contributed by atoms with van der Waals surface area (Å²) in [6.45, 7) is 20.1. The van der Waals surface area contributed by atoms with Crippen molar-refractivity contribution in [1.29, 1.82) is 0 Å². The Bertz CT molecular complexity index is 2390. The fourth-order valence-corrected chi connectivity index (χ4v) is 7.63. The van der Waals surface area contributed by atoms with E-state index in [0.29, 0.717) is 0 Å². The number of rotatable bonds is 11. The molecule has 0 aliphatic carbocycles. The van der Waals surface area contributed by atoms with E-state index in [4.69, 9.17) is 14.8 Å². The number of pyridine rings is 1. The smallest absolute Gasteiger partial charge is 0.137 e. The molecule has 0 aliphatic rings. The zero-order valence-corrected chi connectivity index (χ0v) is 33.0. The average Bonchev–Trinajstić information content (AvgIpc) is 3.69. The van der Waals surface area contributed by atoms with Gasteiger partial charge in [0.25, 0.3) is 0 Å². The van der Waals surface area contributed by atoms with Gasteiger partial charge in [0.1, 0.15) is 17.3 Å². The summed E-state index contributed by atoms with van der Waals surface area (Å²) >= 11 is 0. The quantitative estimate of drug-likeness (QED) is 0.126. The van der Waals surface area contributed by atoms with Gasteiger partial charge in [-0.05, 0) is 108 Å². The van der Waals surface area contributed by atoms with E-state index < -0.39 is 0 Å². The molecule has 0 unspecified atom stereocenters. The number of aryl methyl sites for hydroxylation is 2. The Labute approximate surface area is 315 Å². The SMILES string of the molecule is CCCCCc1ccc2c(c1)c1ccc(Oc3cc(C)cc(-n4nc(C(C)C)c(-c5ccccc5)c4C(C)C)c3)cc1n2-c1cc(C(C)(C)C)ccn1. The number of hydrogen-bond donors (Lipinski definition) is 0. The number of hydrogen-bond acceptors (Lipinski definition) is 3. The summed E-state index contributed by atoms with van der Waals surface area (Å²) in [4.78, 5) is 4.93. The molecule has 0 N–H and O–H groups in total. The van der Waals surface area contributed by atoms with E-state index in [2.05, 4.69) is 169 Å². The predicted molar refractivity (Wildman–Crippen MR) is 222 cm³/mol. The maximum absolute atomic E-state index is 6.78. The second-order valence-electron chi connectivity index (χ2n) is 16.3. The standard InChI is InChI=1S/C48H54N4O/c1-10-11-13-16-34-19-22-42-41(27-34)40-21-20-38(30-43(40)51(42)44-28-36(23-24-49-44)48(7,8)9)53-39-26-33(6)25-37(29-39)52-47(32(4)5)45(46(50-52)31(2)3)35-17-14-12-15-18-35/h12,14-15,17-32H,10-11,13,16H2,1-9H3. The maximum Gasteiger partial charge on any atom is 0.137 e. The summed E-state index contributed by atoms with van der Waals surface area (Å²) in [6, 6.07) is 35.0. The van der Waals surface area contributed by atoms with Gasteiger partial charge in [0.2, 0.25) is 0 Å². The predicted octanol–water partition coefficient (Wildman–Crippen LogP) is 13.4. The number of benzene rings is 4. The fourth-order valence-electron chi connectivity index (χ4n) is 7.63. The van der Waals surface area contributed by atoms with Gasteiger partial charge in [-0.3, -0.25) is 4.57 Å². The van der Waals surface area contributed by atoms with Crippen LogP contribution in [0.2, 0.25) is 0 Å². The number of ether oxygens (including phenoxy) is 1. The van der Waals surface area contributed by atoms with Gasteiger partial charge in [-0.15, -0.1) is 0 Å². The molecule has 0 radical (unpaired) electrons. The molecule has 3 heterocycles. The van der Waals surface area contributed by atoms with Crippen molar-refractivity contribution in [1.82, 2.24) is 19.3 Å². The monoisotopic (exact) mass is 702 g/mol. The van der Waals surface area contributed by atoms with Crippen LogP contribution in [0, 0.1) is 6.92 Å². The topological polar surface area (TPSA) is 44.9 Å². The molecule has 0 fully saturated rings. The summed E-state index contributed by atoms with van der Waals surface area (Å²) in [7, 11) is 0. The molecule has 4 aromatic carbocycles. The summed E-state index contributed by atoms with van der Waals surface area (Å²) < 4.78 is 11.2. The van der Waals surface area contributed by atoms with Crippen LogP contribution in [0.4, 0.5) is 0 Å². The van der Waals surface area contributed by atoms with Gasteiger partial charge < -0.3 is 4.74 Å². The average molecular weight is 703 g/mol. The summed E-state index contributed by atoms with van der Waals surface area (Å²) in [6.07, 6.45) is 6.70. The Kier molecular flexibility index (Phi) is 10.0. The van der Waals surface area contributed by atoms with Crippen LogP contribution >= 0.6 is 0 Å². The Hall–Kier alpha value is -5.16. The molecule has 5 heteroatoms. The van der Waals surface area contributed by atoms with Crippen molar-refractivity contribution >= 4 is 21.8 Å². The molecule has 0 aliphatic heterocycles. The van der Waals surface area contributed by atoms with Crippen molar-refractivity contribution < 1.29 is 4.74 Å². The number of aromatic nitrogens is 4. The van der Waals surface area contributed by atoms with Gasteiger partial charge in [0, 0.05) is 34.7 Å². The second kappa shape index (κ2) is 14.7. The molecule has 0 amide bonds. The molecule has 0 saturated carbocycles. The molecule has 53 heavy (non-hydrogen) atoms. The van der Waals surface area contributed by atoms with Crippen LogP contribution < -0.4 is 4.74 Å². The van der Waals surface area contributed by atoms with Gasteiger partial charge in [-0.1, -0.05) is 105 Å². The lowest BCUT2D eigenvalue weighted by Gasteiger charge is -2.20. The third-order valence-electron chi connectivity index (χ3n) is 10.3. The largest absolute Gasteiger partial charge is 0.457 e. The second-order valence-corrected chi connectivity index (χ2v) is 16.3. The minimum absolute atomic E-state index is 0.00183. The molecule has 3 aromatic heterocycles. The summed E-state index contributed by atoms with van der Waals surface area (Å²) in [5.74, 6) is 3.02. The third kappa shape index (κ3) is 7.27. The van der Waals surface area contributed by atoms with E-state index in [-0.39, 0.29) is 17.3 Å². The van der Waals surface area contributed by atoms with Gasteiger partial charge in [0.15, 0.2) is 0 Å². The Morgan fingerprint density at radius 1 is 0.736 bits per heavy atom. The van der Waals surface area contributed by atoms with E-state index in [1.54, 1.807) is 0 Å². The van der Waals surface area contributed by atoms with Crippen molar-refractivity contribution in [3.63, 3.8) is 0 Å². The van der Waals surface area contributed by atoms with Crippen LogP contribution in [0.15, 0.2) is 103 Å². The van der Waals surface area contributed by atoms with Crippen LogP contribution in [-0.2, 0) is 11.8 Å². The highest BCUT2D eigenvalue weighted by Crippen LogP contribution is 2.40. The van der Waals surface area contributed by atoms with Gasteiger partial charge in [-0.2, -0.15) is 5.10 Å². The van der Waals surface area contributed by atoms with Crippen molar-refractivity contribution in [2.45, 2.75) is 105 Å². The molecule has 0 bridgehead atoms. The summed E-state index contributed by atoms with van der Waals surface area (Å²) in [5, 5.41) is 7.73. The summed E-state index contributed by atoms with van der Waals surface area (Å²) in [5.41, 5.74) is 11.7. The first-order valence-corrected chi connectivity index (χ1v) is 19.4. The van der Waals surface area contributed by atoms with Crippen LogP contribution in [0.1, 0.15) is 115 Å². The van der Waals surface area contributed by atoms with Crippen LogP contribution in [-0.4, -0.2) is 19.3 Å². The highest BCUT2D eigenvalue weighted by Gasteiger charge is 2.25. The van der Waals surface area contributed by atoms with Crippen molar-refractivity contribution in [2.75, 3.05) is 0 Å². The van der Waals surface area contributed by atoms with Crippen LogP contribution in [0.5, 0.6) is 11.5 Å². The van der Waals surface area contributed by atoms with E-state index in [1.165, 1.54) is 58.0 Å². The molecular weight excluding hydrogens is 649 g/mol. The lowest BCUT2D eigenvalue weighted by molar-refractivity contribution is 0.482. The number of nitrogens with zero attached hydrogens (tertiary/aromatic N) is 4. The lowest BCUT2D eigenvalue weighted by Crippen LogP contribution is -2.12. The minimum Gasteiger partial charge on any atom is -0.457 e. The van der Waals surface area contributed by atoms with Crippen molar-refractivity contribution in [2.24, 2.45) is 0 Å². The highest BCUT2D eigenvalue weighted by molar-refractivity contribution is 6.09. The van der Waals surface area contributed by atoms with Crippen molar-refractivity contribution in [3.05, 3.63) is 131 Å². The van der Waals surface area contributed by atoms with Gasteiger partial charge in [0.05, 0.1) is 28.1 Å².